The van der Waals surface area contributed by atoms with E-state index in [-0.39, 0.29) is 4.21 Å². The Labute approximate surface area is 133 Å². The van der Waals surface area contributed by atoms with Crippen LogP contribution in [-0.2, 0) is 10.0 Å². The summed E-state index contributed by atoms with van der Waals surface area (Å²) in [5, 5.41) is 0. The van der Waals surface area contributed by atoms with Crippen LogP contribution in [0, 0.1) is 0 Å². The van der Waals surface area contributed by atoms with E-state index in [4.69, 9.17) is 11.6 Å². The van der Waals surface area contributed by atoms with Gasteiger partial charge in [-0.05, 0) is 43.2 Å². The minimum absolute atomic E-state index is 0.221. The van der Waals surface area contributed by atoms with Gasteiger partial charge in [-0.25, -0.2) is 8.42 Å². The van der Waals surface area contributed by atoms with Crippen molar-refractivity contribution in [1.82, 2.24) is 0 Å². The van der Waals surface area contributed by atoms with Gasteiger partial charge in [0, 0.05) is 18.8 Å². The van der Waals surface area contributed by atoms with Crippen LogP contribution in [0.1, 0.15) is 12.8 Å². The summed E-state index contributed by atoms with van der Waals surface area (Å²) in [6.45, 7) is 2.05. The molecule has 112 valence electrons. The molecule has 0 amide bonds. The molecule has 0 radical (unpaired) electrons. The summed E-state index contributed by atoms with van der Waals surface area (Å²) in [6.07, 6.45) is 2.37. The molecule has 1 aliphatic rings. The van der Waals surface area contributed by atoms with Crippen molar-refractivity contribution in [3.63, 3.8) is 0 Å². The van der Waals surface area contributed by atoms with Crippen LogP contribution in [0.3, 0.4) is 0 Å². The summed E-state index contributed by atoms with van der Waals surface area (Å²) < 4.78 is 27.8. The van der Waals surface area contributed by atoms with Gasteiger partial charge >= 0.3 is 0 Å². The van der Waals surface area contributed by atoms with E-state index in [0.29, 0.717) is 10.0 Å². The van der Waals surface area contributed by atoms with Crippen LogP contribution >= 0.6 is 22.9 Å². The molecule has 1 aliphatic heterocycles. The summed E-state index contributed by atoms with van der Waals surface area (Å²) in [5.74, 6) is 0. The van der Waals surface area contributed by atoms with Gasteiger partial charge in [0.25, 0.3) is 10.0 Å². The quantitative estimate of drug-likeness (QED) is 0.919. The molecule has 0 unspecified atom stereocenters. The molecule has 3 rings (SSSR count). The van der Waals surface area contributed by atoms with Gasteiger partial charge < -0.3 is 4.90 Å². The normalized spacial score (nSPS) is 15.4. The van der Waals surface area contributed by atoms with Crippen molar-refractivity contribution in [1.29, 1.82) is 0 Å². The number of benzene rings is 1. The predicted molar refractivity (Wildman–Crippen MR) is 88.0 cm³/mol. The average Bonchev–Trinajstić information content (AvgIpc) is 3.09. The highest BCUT2D eigenvalue weighted by Gasteiger charge is 2.18. The lowest BCUT2D eigenvalue weighted by Crippen LogP contribution is -2.18. The Morgan fingerprint density at radius 3 is 2.57 bits per heavy atom. The lowest BCUT2D eigenvalue weighted by atomic mass is 10.2. The van der Waals surface area contributed by atoms with Crippen molar-refractivity contribution in [3.05, 3.63) is 40.7 Å². The van der Waals surface area contributed by atoms with Gasteiger partial charge in [0.1, 0.15) is 4.21 Å². The molecule has 21 heavy (non-hydrogen) atoms. The molecule has 0 aliphatic carbocycles. The summed E-state index contributed by atoms with van der Waals surface area (Å²) in [7, 11) is -3.57. The molecular weight excluding hydrogens is 328 g/mol. The molecule has 1 saturated heterocycles. The third-order valence-electron chi connectivity index (χ3n) is 3.38. The highest BCUT2D eigenvalue weighted by Crippen LogP contribution is 2.29. The van der Waals surface area contributed by atoms with Crippen LogP contribution in [0.25, 0.3) is 0 Å². The molecule has 0 bridgehead atoms. The average molecular weight is 343 g/mol. The zero-order chi connectivity index (χ0) is 14.9. The van der Waals surface area contributed by atoms with Crippen LogP contribution in [0.5, 0.6) is 0 Å². The maximum absolute atomic E-state index is 12.3. The number of nitrogens with one attached hydrogen (secondary N) is 1. The highest BCUT2D eigenvalue weighted by atomic mass is 35.5. The van der Waals surface area contributed by atoms with Crippen molar-refractivity contribution < 1.29 is 8.42 Å². The topological polar surface area (TPSA) is 49.4 Å². The van der Waals surface area contributed by atoms with Crippen molar-refractivity contribution in [3.8, 4) is 0 Å². The predicted octanol–water partition coefficient (Wildman–Crippen LogP) is 3.80. The Kier molecular flexibility index (Phi) is 4.10. The van der Waals surface area contributed by atoms with Crippen molar-refractivity contribution in [2.75, 3.05) is 22.7 Å². The monoisotopic (exact) mass is 342 g/mol. The van der Waals surface area contributed by atoms with E-state index in [1.807, 2.05) is 18.2 Å². The largest absolute Gasteiger partial charge is 0.371 e. The van der Waals surface area contributed by atoms with Crippen LogP contribution in [0.15, 0.2) is 40.6 Å². The van der Waals surface area contributed by atoms with Gasteiger partial charge in [0.2, 0.25) is 0 Å². The van der Waals surface area contributed by atoms with Crippen LogP contribution < -0.4 is 9.62 Å². The summed E-state index contributed by atoms with van der Waals surface area (Å²) >= 11 is 6.85. The molecule has 7 heteroatoms. The number of hydrogen-bond donors (Lipinski definition) is 1. The Morgan fingerprint density at radius 2 is 1.90 bits per heavy atom. The Morgan fingerprint density at radius 1 is 1.14 bits per heavy atom. The van der Waals surface area contributed by atoms with Crippen LogP contribution in [-0.4, -0.2) is 21.5 Å². The van der Waals surface area contributed by atoms with Crippen molar-refractivity contribution in [2.45, 2.75) is 17.1 Å². The SMILES string of the molecule is O=S(=O)(Nc1cccc(N2CCCC2)c1)c1ccc(Cl)s1. The van der Waals surface area contributed by atoms with E-state index >= 15 is 0 Å². The van der Waals surface area contributed by atoms with E-state index in [1.54, 1.807) is 12.1 Å². The van der Waals surface area contributed by atoms with Gasteiger partial charge in [-0.1, -0.05) is 17.7 Å². The zero-order valence-electron chi connectivity index (χ0n) is 11.3. The maximum atomic E-state index is 12.3. The number of nitrogens with zero attached hydrogens (tertiary/aromatic N) is 1. The number of rotatable bonds is 4. The Bertz CT molecular complexity index is 737. The number of sulfonamides is 1. The fourth-order valence-electron chi connectivity index (χ4n) is 2.39. The van der Waals surface area contributed by atoms with Crippen LogP contribution in [0.2, 0.25) is 4.34 Å². The molecule has 1 N–H and O–H groups in total. The third kappa shape index (κ3) is 3.33. The Hall–Kier alpha value is -1.24. The van der Waals surface area contributed by atoms with Crippen LogP contribution in [0.4, 0.5) is 11.4 Å². The first-order valence-electron chi connectivity index (χ1n) is 6.68. The van der Waals surface area contributed by atoms with Gasteiger partial charge in [-0.2, -0.15) is 0 Å². The molecule has 2 aromatic rings. The Balaban J connectivity index is 1.83. The van der Waals surface area contributed by atoms with Gasteiger partial charge in [0.05, 0.1) is 10.0 Å². The second-order valence-electron chi connectivity index (χ2n) is 4.91. The van der Waals surface area contributed by atoms with E-state index < -0.39 is 10.0 Å². The number of halogens is 1. The minimum atomic E-state index is -3.57. The molecule has 2 heterocycles. The third-order valence-corrected chi connectivity index (χ3v) is 6.49. The fraction of sp³-hybridized carbons (Fsp3) is 0.286. The number of anilines is 2. The highest BCUT2D eigenvalue weighted by molar-refractivity contribution is 7.94. The minimum Gasteiger partial charge on any atom is -0.371 e. The molecule has 1 aromatic carbocycles. The van der Waals surface area contributed by atoms with E-state index in [2.05, 4.69) is 9.62 Å². The summed E-state index contributed by atoms with van der Waals surface area (Å²) in [4.78, 5) is 2.26. The van der Waals surface area contributed by atoms with Gasteiger partial charge in [0.15, 0.2) is 0 Å². The zero-order valence-corrected chi connectivity index (χ0v) is 13.6. The molecule has 1 aromatic heterocycles. The second kappa shape index (κ2) is 5.87. The van der Waals surface area contributed by atoms with Gasteiger partial charge in [-0.15, -0.1) is 11.3 Å². The number of hydrogen-bond acceptors (Lipinski definition) is 4. The maximum Gasteiger partial charge on any atom is 0.271 e. The second-order valence-corrected chi connectivity index (χ2v) is 8.53. The number of thiophene rings is 1. The molecule has 1 fully saturated rings. The molecule has 0 atom stereocenters. The van der Waals surface area contributed by atoms with Gasteiger partial charge in [-0.3, -0.25) is 4.72 Å². The summed E-state index contributed by atoms with van der Waals surface area (Å²) in [6, 6.07) is 10.6. The molecular formula is C14H15ClN2O2S2. The lowest BCUT2D eigenvalue weighted by Gasteiger charge is -2.18. The first-order valence-corrected chi connectivity index (χ1v) is 9.35. The lowest BCUT2D eigenvalue weighted by molar-refractivity contribution is 0.603. The van der Waals surface area contributed by atoms with E-state index in [0.717, 1.165) is 30.1 Å². The van der Waals surface area contributed by atoms with Crippen molar-refractivity contribution in [2.24, 2.45) is 0 Å². The van der Waals surface area contributed by atoms with E-state index in [1.165, 1.54) is 18.9 Å². The van der Waals surface area contributed by atoms with E-state index in [9.17, 15) is 8.42 Å². The molecule has 4 nitrogen and oxygen atoms in total. The summed E-state index contributed by atoms with van der Waals surface area (Å²) in [5.41, 5.74) is 1.63. The smallest absolute Gasteiger partial charge is 0.271 e. The first-order chi connectivity index (χ1) is 10.0. The fourth-order valence-corrected chi connectivity index (χ4v) is 4.92. The standard InChI is InChI=1S/C14H15ClN2O2S2/c15-13-6-7-14(20-13)21(18,19)16-11-4-3-5-12(10-11)17-8-1-2-9-17/h3-7,10,16H,1-2,8-9H2. The molecule has 0 saturated carbocycles. The first kappa shape index (κ1) is 14.7. The molecule has 0 spiro atoms. The van der Waals surface area contributed by atoms with Crippen molar-refractivity contribution >= 4 is 44.3 Å².